The second-order valence-electron chi connectivity index (χ2n) is 7.09. The first-order chi connectivity index (χ1) is 11.5. The Bertz CT molecular complexity index is 797. The summed E-state index contributed by atoms with van der Waals surface area (Å²) in [6, 6.07) is 15.1. The van der Waals surface area contributed by atoms with E-state index in [0.717, 1.165) is 11.4 Å². The van der Waals surface area contributed by atoms with Crippen LogP contribution in [0.25, 0.3) is 17.1 Å². The second kappa shape index (κ2) is 6.64. The first-order valence-corrected chi connectivity index (χ1v) is 8.72. The van der Waals surface area contributed by atoms with Gasteiger partial charge in [-0.2, -0.15) is 0 Å². The van der Waals surface area contributed by atoms with Crippen LogP contribution in [0.3, 0.4) is 0 Å². The van der Waals surface area contributed by atoms with Crippen LogP contribution < -0.4 is 0 Å². The lowest BCUT2D eigenvalue weighted by atomic mass is 9.90. The van der Waals surface area contributed by atoms with Crippen LogP contribution in [0, 0.1) is 6.92 Å². The minimum atomic E-state index is 0.462. The Labute approximate surface area is 145 Å². The molecule has 0 amide bonds. The van der Waals surface area contributed by atoms with Gasteiger partial charge >= 0.3 is 0 Å². The summed E-state index contributed by atoms with van der Waals surface area (Å²) in [5, 5.41) is 0. The second-order valence-corrected chi connectivity index (χ2v) is 7.09. The van der Waals surface area contributed by atoms with E-state index in [2.05, 4.69) is 86.8 Å². The summed E-state index contributed by atoms with van der Waals surface area (Å²) >= 11 is 0. The number of imidazole rings is 1. The predicted molar refractivity (Wildman–Crippen MR) is 102 cm³/mol. The molecule has 0 aliphatic rings. The number of aromatic nitrogens is 2. The van der Waals surface area contributed by atoms with Gasteiger partial charge in [0.25, 0.3) is 0 Å². The molecule has 3 aromatic rings. The van der Waals surface area contributed by atoms with E-state index in [9.17, 15) is 0 Å². The maximum absolute atomic E-state index is 4.65. The van der Waals surface area contributed by atoms with Crippen LogP contribution in [0.4, 0.5) is 0 Å². The highest BCUT2D eigenvalue weighted by Crippen LogP contribution is 2.34. The summed E-state index contributed by atoms with van der Waals surface area (Å²) < 4.78 is 2.26. The topological polar surface area (TPSA) is 17.8 Å². The molecule has 0 aliphatic heterocycles. The van der Waals surface area contributed by atoms with Crippen LogP contribution in [-0.2, 0) is 0 Å². The number of benzene rings is 2. The van der Waals surface area contributed by atoms with Crippen molar-refractivity contribution < 1.29 is 0 Å². The number of rotatable bonds is 4. The van der Waals surface area contributed by atoms with Crippen molar-refractivity contribution in [2.24, 2.45) is 0 Å². The van der Waals surface area contributed by atoms with Gasteiger partial charge in [-0.05, 0) is 29.9 Å². The highest BCUT2D eigenvalue weighted by Gasteiger charge is 2.19. The molecule has 0 saturated heterocycles. The maximum atomic E-state index is 4.65. The van der Waals surface area contributed by atoms with Crippen LogP contribution in [-0.4, -0.2) is 9.55 Å². The quantitative estimate of drug-likeness (QED) is 0.569. The molecule has 0 fully saturated rings. The Balaban J connectivity index is 2.29. The van der Waals surface area contributed by atoms with Crippen molar-refractivity contribution in [1.29, 1.82) is 0 Å². The van der Waals surface area contributed by atoms with Crippen molar-refractivity contribution in [3.63, 3.8) is 0 Å². The number of nitrogens with zero attached hydrogens (tertiary/aromatic N) is 2. The molecule has 0 atom stereocenters. The molecular formula is C22H26N2. The fourth-order valence-corrected chi connectivity index (χ4v) is 3.28. The summed E-state index contributed by atoms with van der Waals surface area (Å²) in [5.41, 5.74) is 6.53. The lowest BCUT2D eigenvalue weighted by Crippen LogP contribution is -2.08. The van der Waals surface area contributed by atoms with E-state index in [1.54, 1.807) is 0 Å². The number of aryl methyl sites for hydroxylation is 1. The lowest BCUT2D eigenvalue weighted by molar-refractivity contribution is 0.804. The van der Waals surface area contributed by atoms with E-state index in [1.807, 2.05) is 12.3 Å². The Morgan fingerprint density at radius 3 is 2.00 bits per heavy atom. The van der Waals surface area contributed by atoms with Crippen LogP contribution in [0.5, 0.6) is 0 Å². The average molecular weight is 318 g/mol. The van der Waals surface area contributed by atoms with Gasteiger partial charge < -0.3 is 0 Å². The molecule has 0 bridgehead atoms. The Kier molecular flexibility index (Phi) is 4.57. The van der Waals surface area contributed by atoms with Gasteiger partial charge in [-0.15, -0.1) is 0 Å². The van der Waals surface area contributed by atoms with Crippen LogP contribution in [0.15, 0.2) is 54.9 Å². The third-order valence-corrected chi connectivity index (χ3v) is 4.47. The standard InChI is InChI=1S/C22H26N2/c1-15(2)19-13-17(5)14-20(16(3)4)21(19)24-12-11-23-22(24)18-9-7-6-8-10-18/h6-16H,1-5H3. The first kappa shape index (κ1) is 16.5. The van der Waals surface area contributed by atoms with E-state index in [-0.39, 0.29) is 0 Å². The van der Waals surface area contributed by atoms with E-state index < -0.39 is 0 Å². The molecule has 0 saturated carbocycles. The molecule has 1 heterocycles. The lowest BCUT2D eigenvalue weighted by Gasteiger charge is -2.23. The normalized spacial score (nSPS) is 11.5. The molecule has 124 valence electrons. The van der Waals surface area contributed by atoms with Gasteiger partial charge in [0.2, 0.25) is 0 Å². The summed E-state index contributed by atoms with van der Waals surface area (Å²) in [5.74, 6) is 1.93. The fourth-order valence-electron chi connectivity index (χ4n) is 3.28. The van der Waals surface area contributed by atoms with Gasteiger partial charge in [-0.1, -0.05) is 75.7 Å². The molecule has 2 nitrogen and oxygen atoms in total. The van der Waals surface area contributed by atoms with E-state index in [0.29, 0.717) is 11.8 Å². The zero-order valence-electron chi connectivity index (χ0n) is 15.2. The number of hydrogen-bond acceptors (Lipinski definition) is 1. The predicted octanol–water partition coefficient (Wildman–Crippen LogP) is 6.09. The maximum Gasteiger partial charge on any atom is 0.144 e. The van der Waals surface area contributed by atoms with Crippen LogP contribution in [0.2, 0.25) is 0 Å². The molecule has 0 spiro atoms. The molecule has 3 rings (SSSR count). The van der Waals surface area contributed by atoms with Crippen LogP contribution in [0.1, 0.15) is 56.2 Å². The van der Waals surface area contributed by atoms with Crippen molar-refractivity contribution in [1.82, 2.24) is 9.55 Å². The third-order valence-electron chi connectivity index (χ3n) is 4.47. The fraction of sp³-hybridized carbons (Fsp3) is 0.318. The summed E-state index contributed by atoms with van der Waals surface area (Å²) in [7, 11) is 0. The smallest absolute Gasteiger partial charge is 0.144 e. The van der Waals surface area contributed by atoms with Gasteiger partial charge in [0.1, 0.15) is 5.82 Å². The SMILES string of the molecule is Cc1cc(C(C)C)c(-n2ccnc2-c2ccccc2)c(C(C)C)c1. The molecule has 0 aliphatic carbocycles. The average Bonchev–Trinajstić information content (AvgIpc) is 3.04. The van der Waals surface area contributed by atoms with Crippen molar-refractivity contribution in [3.05, 3.63) is 71.5 Å². The van der Waals surface area contributed by atoms with Gasteiger partial charge in [0.05, 0.1) is 5.69 Å². The van der Waals surface area contributed by atoms with Gasteiger partial charge in [-0.25, -0.2) is 4.98 Å². The van der Waals surface area contributed by atoms with Gasteiger partial charge in [-0.3, -0.25) is 4.57 Å². The highest BCUT2D eigenvalue weighted by molar-refractivity contribution is 5.62. The van der Waals surface area contributed by atoms with Crippen LogP contribution >= 0.6 is 0 Å². The Hall–Kier alpha value is -2.35. The van der Waals surface area contributed by atoms with Crippen molar-refractivity contribution in [2.75, 3.05) is 0 Å². The molecule has 2 heteroatoms. The zero-order chi connectivity index (χ0) is 17.3. The molecule has 0 N–H and O–H groups in total. The first-order valence-electron chi connectivity index (χ1n) is 8.72. The minimum Gasteiger partial charge on any atom is -0.299 e. The van der Waals surface area contributed by atoms with Gasteiger partial charge in [0.15, 0.2) is 0 Å². The highest BCUT2D eigenvalue weighted by atomic mass is 15.1. The van der Waals surface area contributed by atoms with E-state index in [1.165, 1.54) is 22.4 Å². The molecule has 0 radical (unpaired) electrons. The van der Waals surface area contributed by atoms with Crippen molar-refractivity contribution >= 4 is 0 Å². The molecule has 2 aromatic carbocycles. The van der Waals surface area contributed by atoms with Gasteiger partial charge in [0, 0.05) is 18.0 Å². The summed E-state index contributed by atoms with van der Waals surface area (Å²) in [4.78, 5) is 4.65. The number of hydrogen-bond donors (Lipinski definition) is 0. The zero-order valence-corrected chi connectivity index (χ0v) is 15.2. The molecule has 1 aromatic heterocycles. The van der Waals surface area contributed by atoms with Crippen molar-refractivity contribution in [2.45, 2.75) is 46.5 Å². The Morgan fingerprint density at radius 2 is 1.46 bits per heavy atom. The summed E-state index contributed by atoms with van der Waals surface area (Å²) in [6.45, 7) is 11.2. The molecule has 24 heavy (non-hydrogen) atoms. The minimum absolute atomic E-state index is 0.462. The Morgan fingerprint density at radius 1 is 0.875 bits per heavy atom. The van der Waals surface area contributed by atoms with Crippen molar-refractivity contribution in [3.8, 4) is 17.1 Å². The molecular weight excluding hydrogens is 292 g/mol. The van der Waals surface area contributed by atoms with E-state index in [4.69, 9.17) is 0 Å². The largest absolute Gasteiger partial charge is 0.299 e. The monoisotopic (exact) mass is 318 g/mol. The molecule has 0 unspecified atom stereocenters. The van der Waals surface area contributed by atoms with E-state index >= 15 is 0 Å². The third kappa shape index (κ3) is 3.01. The summed E-state index contributed by atoms with van der Waals surface area (Å²) in [6.07, 6.45) is 3.99.